The second-order valence-electron chi connectivity index (χ2n) is 5.46. The first-order chi connectivity index (χ1) is 9.81. The van der Waals surface area contributed by atoms with Crippen LogP contribution in [0.15, 0.2) is 47.4 Å². The van der Waals surface area contributed by atoms with Crippen molar-refractivity contribution in [3.63, 3.8) is 0 Å². The Hall–Kier alpha value is -1.45. The van der Waals surface area contributed by atoms with Gasteiger partial charge in [-0.2, -0.15) is 0 Å². The molecule has 0 aromatic heterocycles. The number of ether oxygens (including phenoxy) is 1. The Bertz CT molecular complexity index is 630. The molecule has 2 atom stereocenters. The highest BCUT2D eigenvalue weighted by atomic mass is 32.2. The quantitative estimate of drug-likeness (QED) is 0.918. The molecule has 0 saturated heterocycles. The molecule has 2 aromatic rings. The lowest BCUT2D eigenvalue weighted by Gasteiger charge is -2.19. The molecule has 0 fully saturated rings. The van der Waals surface area contributed by atoms with Crippen LogP contribution in [0.2, 0.25) is 0 Å². The van der Waals surface area contributed by atoms with Crippen LogP contribution >= 0.6 is 11.8 Å². The molecule has 2 aromatic carbocycles. The molecule has 2 aliphatic heterocycles. The predicted octanol–water partition coefficient (Wildman–Crippen LogP) is 3.34. The summed E-state index contributed by atoms with van der Waals surface area (Å²) in [4.78, 5) is 1.39. The summed E-state index contributed by atoms with van der Waals surface area (Å²) in [6, 6.07) is 15.1. The molecule has 20 heavy (non-hydrogen) atoms. The molecule has 0 radical (unpaired) electrons. The van der Waals surface area contributed by atoms with Gasteiger partial charge in [0.2, 0.25) is 0 Å². The molecule has 2 unspecified atom stereocenters. The molecular formula is C17H17NOS. The Morgan fingerprint density at radius 1 is 1.15 bits per heavy atom. The van der Waals surface area contributed by atoms with Gasteiger partial charge in [0.15, 0.2) is 0 Å². The van der Waals surface area contributed by atoms with Crippen LogP contribution in [0, 0.1) is 0 Å². The number of rotatable bonds is 2. The zero-order chi connectivity index (χ0) is 13.5. The second-order valence-corrected chi connectivity index (χ2v) is 6.74. The molecule has 2 aliphatic rings. The van der Waals surface area contributed by atoms with Crippen molar-refractivity contribution in [2.45, 2.75) is 29.0 Å². The van der Waals surface area contributed by atoms with E-state index in [-0.39, 0.29) is 6.04 Å². The Morgan fingerprint density at radius 3 is 2.95 bits per heavy atom. The molecule has 0 bridgehead atoms. The van der Waals surface area contributed by atoms with Crippen LogP contribution in [0.1, 0.15) is 22.7 Å². The summed E-state index contributed by atoms with van der Waals surface area (Å²) in [7, 11) is 0. The van der Waals surface area contributed by atoms with E-state index in [4.69, 9.17) is 10.5 Å². The summed E-state index contributed by atoms with van der Waals surface area (Å²) >= 11 is 1.92. The first-order valence-electron chi connectivity index (χ1n) is 7.07. The van der Waals surface area contributed by atoms with E-state index < -0.39 is 0 Å². The summed E-state index contributed by atoms with van der Waals surface area (Å²) in [6.45, 7) is 0.803. The Morgan fingerprint density at radius 2 is 2.05 bits per heavy atom. The van der Waals surface area contributed by atoms with Gasteiger partial charge in [0.1, 0.15) is 5.75 Å². The average molecular weight is 283 g/mol. The van der Waals surface area contributed by atoms with E-state index >= 15 is 0 Å². The minimum atomic E-state index is 0.0818. The maximum atomic E-state index is 6.51. The molecule has 2 N–H and O–H groups in total. The lowest BCUT2D eigenvalue weighted by Crippen LogP contribution is -2.23. The molecule has 0 spiro atoms. The Balaban J connectivity index is 1.58. The van der Waals surface area contributed by atoms with Crippen molar-refractivity contribution in [1.82, 2.24) is 0 Å². The maximum Gasteiger partial charge on any atom is 0.122 e. The van der Waals surface area contributed by atoms with Crippen LogP contribution in [0.5, 0.6) is 5.75 Å². The largest absolute Gasteiger partial charge is 0.493 e. The van der Waals surface area contributed by atoms with Gasteiger partial charge in [-0.15, -0.1) is 11.8 Å². The third-order valence-electron chi connectivity index (χ3n) is 4.17. The van der Waals surface area contributed by atoms with Crippen molar-refractivity contribution >= 4 is 11.8 Å². The number of nitrogens with two attached hydrogens (primary N) is 1. The third kappa shape index (κ3) is 2.02. The van der Waals surface area contributed by atoms with E-state index in [0.29, 0.717) is 5.25 Å². The summed E-state index contributed by atoms with van der Waals surface area (Å²) in [5.41, 5.74) is 10.5. The topological polar surface area (TPSA) is 35.2 Å². The van der Waals surface area contributed by atoms with Crippen molar-refractivity contribution in [2.75, 3.05) is 6.61 Å². The van der Waals surface area contributed by atoms with Crippen LogP contribution in [0.4, 0.5) is 0 Å². The zero-order valence-electron chi connectivity index (χ0n) is 11.2. The monoisotopic (exact) mass is 283 g/mol. The van der Waals surface area contributed by atoms with Gasteiger partial charge in [-0.25, -0.2) is 0 Å². The van der Waals surface area contributed by atoms with Crippen molar-refractivity contribution in [2.24, 2.45) is 5.73 Å². The molecule has 0 amide bonds. The average Bonchev–Trinajstić information content (AvgIpc) is 3.11. The standard InChI is InChI=1S/C17H17NOS/c18-17(13-5-6-14-11(9-13)7-8-19-14)16-10-12-3-1-2-4-15(12)20-16/h1-6,9,16-17H,7-8,10,18H2. The summed E-state index contributed by atoms with van der Waals surface area (Å²) in [5, 5.41) is 0.438. The normalized spacial score (nSPS) is 21.1. The van der Waals surface area contributed by atoms with Gasteiger partial charge >= 0.3 is 0 Å². The highest BCUT2D eigenvalue weighted by Gasteiger charge is 2.28. The van der Waals surface area contributed by atoms with Gasteiger partial charge in [-0.1, -0.05) is 30.3 Å². The number of benzene rings is 2. The van der Waals surface area contributed by atoms with Gasteiger partial charge in [-0.3, -0.25) is 0 Å². The van der Waals surface area contributed by atoms with E-state index in [1.165, 1.54) is 21.6 Å². The van der Waals surface area contributed by atoms with E-state index in [0.717, 1.165) is 25.2 Å². The molecule has 3 heteroatoms. The number of hydrogen-bond acceptors (Lipinski definition) is 3. The lowest BCUT2D eigenvalue weighted by atomic mass is 9.97. The summed E-state index contributed by atoms with van der Waals surface area (Å²) < 4.78 is 5.56. The summed E-state index contributed by atoms with van der Waals surface area (Å²) in [6.07, 6.45) is 2.07. The number of hydrogen-bond donors (Lipinski definition) is 1. The van der Waals surface area contributed by atoms with Gasteiger partial charge in [0.25, 0.3) is 0 Å². The number of thioether (sulfide) groups is 1. The molecule has 4 rings (SSSR count). The third-order valence-corrected chi connectivity index (χ3v) is 5.59. The van der Waals surface area contributed by atoms with Crippen LogP contribution < -0.4 is 10.5 Å². The molecule has 2 nitrogen and oxygen atoms in total. The Labute approximate surface area is 123 Å². The van der Waals surface area contributed by atoms with Gasteiger partial charge in [-0.05, 0) is 35.2 Å². The Kier molecular flexibility index (Phi) is 2.97. The van der Waals surface area contributed by atoms with Crippen molar-refractivity contribution in [3.8, 4) is 5.75 Å². The van der Waals surface area contributed by atoms with Crippen LogP contribution in [-0.4, -0.2) is 11.9 Å². The number of fused-ring (bicyclic) bond motifs is 2. The highest BCUT2D eigenvalue weighted by molar-refractivity contribution is 8.00. The van der Waals surface area contributed by atoms with Crippen molar-refractivity contribution in [1.29, 1.82) is 0 Å². The maximum absolute atomic E-state index is 6.51. The fourth-order valence-corrected chi connectivity index (χ4v) is 4.39. The van der Waals surface area contributed by atoms with E-state index in [1.54, 1.807) is 0 Å². The second kappa shape index (κ2) is 4.83. The minimum Gasteiger partial charge on any atom is -0.493 e. The van der Waals surface area contributed by atoms with E-state index in [2.05, 4.69) is 42.5 Å². The highest BCUT2D eigenvalue weighted by Crippen LogP contribution is 2.42. The lowest BCUT2D eigenvalue weighted by molar-refractivity contribution is 0.357. The molecule has 0 aliphatic carbocycles. The first kappa shape index (κ1) is 12.3. The van der Waals surface area contributed by atoms with Crippen LogP contribution in [-0.2, 0) is 12.8 Å². The fraction of sp³-hybridized carbons (Fsp3) is 0.294. The van der Waals surface area contributed by atoms with Gasteiger partial charge < -0.3 is 10.5 Å². The smallest absolute Gasteiger partial charge is 0.122 e. The molecule has 0 saturated carbocycles. The minimum absolute atomic E-state index is 0.0818. The summed E-state index contributed by atoms with van der Waals surface area (Å²) in [5.74, 6) is 1.03. The zero-order valence-corrected chi connectivity index (χ0v) is 12.0. The SMILES string of the molecule is NC(c1ccc2c(c1)CCO2)C1Cc2ccccc2S1. The molecular weight excluding hydrogens is 266 g/mol. The van der Waals surface area contributed by atoms with Crippen LogP contribution in [0.3, 0.4) is 0 Å². The fourth-order valence-electron chi connectivity index (χ4n) is 3.04. The van der Waals surface area contributed by atoms with Crippen molar-refractivity contribution < 1.29 is 4.74 Å². The molecule has 2 heterocycles. The van der Waals surface area contributed by atoms with Gasteiger partial charge in [0.05, 0.1) is 6.61 Å². The van der Waals surface area contributed by atoms with Gasteiger partial charge in [0, 0.05) is 22.6 Å². The molecule has 102 valence electrons. The predicted molar refractivity (Wildman–Crippen MR) is 82.4 cm³/mol. The first-order valence-corrected chi connectivity index (χ1v) is 7.95. The van der Waals surface area contributed by atoms with Crippen LogP contribution in [0.25, 0.3) is 0 Å². The van der Waals surface area contributed by atoms with E-state index in [1.807, 2.05) is 11.8 Å². The van der Waals surface area contributed by atoms with Crippen molar-refractivity contribution in [3.05, 3.63) is 59.2 Å². The van der Waals surface area contributed by atoms with E-state index in [9.17, 15) is 0 Å².